The third-order valence-electron chi connectivity index (χ3n) is 2.96. The maximum atomic E-state index is 12.3. The van der Waals surface area contributed by atoms with Crippen molar-refractivity contribution in [1.29, 1.82) is 0 Å². The second kappa shape index (κ2) is 4.90. The van der Waals surface area contributed by atoms with Crippen molar-refractivity contribution in [3.63, 3.8) is 0 Å². The summed E-state index contributed by atoms with van der Waals surface area (Å²) in [6.07, 6.45) is 1.52. The number of hydrogen-bond donors (Lipinski definition) is 0. The zero-order valence-electron chi connectivity index (χ0n) is 10.6. The molecule has 4 rings (SSSR count). The molecule has 4 aromatic heterocycles. The van der Waals surface area contributed by atoms with E-state index in [2.05, 4.69) is 15.1 Å². The number of hydrogen-bond acceptors (Lipinski definition) is 7. The van der Waals surface area contributed by atoms with Gasteiger partial charge in [-0.2, -0.15) is 4.98 Å². The maximum Gasteiger partial charge on any atom is 0.268 e. The second-order valence-electron chi connectivity index (χ2n) is 4.31. The van der Waals surface area contributed by atoms with Crippen LogP contribution in [0.5, 0.6) is 0 Å². The van der Waals surface area contributed by atoms with Crippen LogP contribution in [0.15, 0.2) is 44.6 Å². The van der Waals surface area contributed by atoms with E-state index in [9.17, 15) is 4.79 Å². The average molecular weight is 316 g/mol. The summed E-state index contributed by atoms with van der Waals surface area (Å²) in [7, 11) is 0. The van der Waals surface area contributed by atoms with Gasteiger partial charge in [-0.15, -0.1) is 22.7 Å². The summed E-state index contributed by atoms with van der Waals surface area (Å²) in [5.41, 5.74) is -0.0938. The van der Waals surface area contributed by atoms with Gasteiger partial charge in [0.1, 0.15) is 4.83 Å². The molecule has 21 heavy (non-hydrogen) atoms. The molecule has 8 heteroatoms. The van der Waals surface area contributed by atoms with Gasteiger partial charge in [0.15, 0.2) is 5.82 Å². The molecule has 0 aliphatic carbocycles. The number of nitrogens with zero attached hydrogens (tertiary/aromatic N) is 4. The van der Waals surface area contributed by atoms with Crippen molar-refractivity contribution < 1.29 is 4.52 Å². The van der Waals surface area contributed by atoms with E-state index in [1.807, 2.05) is 22.9 Å². The van der Waals surface area contributed by atoms with E-state index in [0.29, 0.717) is 17.1 Å². The highest BCUT2D eigenvalue weighted by atomic mass is 32.1. The van der Waals surface area contributed by atoms with Crippen molar-refractivity contribution >= 4 is 32.9 Å². The number of thiophene rings is 2. The molecule has 4 aromatic rings. The summed E-state index contributed by atoms with van der Waals surface area (Å²) in [4.78, 5) is 22.5. The Morgan fingerprint density at radius 3 is 3.05 bits per heavy atom. The fourth-order valence-corrected chi connectivity index (χ4v) is 3.34. The van der Waals surface area contributed by atoms with Crippen molar-refractivity contribution in [2.75, 3.05) is 0 Å². The molecule has 0 saturated heterocycles. The summed E-state index contributed by atoms with van der Waals surface area (Å²) in [5.74, 6) is 0.925. The Morgan fingerprint density at radius 2 is 2.19 bits per heavy atom. The molecule has 0 aliphatic heterocycles. The van der Waals surface area contributed by atoms with Gasteiger partial charge in [-0.1, -0.05) is 11.2 Å². The van der Waals surface area contributed by atoms with Gasteiger partial charge >= 0.3 is 0 Å². The molecule has 0 spiro atoms. The minimum atomic E-state index is -0.0938. The molecule has 0 aromatic carbocycles. The summed E-state index contributed by atoms with van der Waals surface area (Å²) >= 11 is 2.97. The van der Waals surface area contributed by atoms with Crippen LogP contribution in [0.4, 0.5) is 0 Å². The van der Waals surface area contributed by atoms with Gasteiger partial charge in [-0.25, -0.2) is 4.98 Å². The van der Waals surface area contributed by atoms with Crippen LogP contribution in [-0.4, -0.2) is 19.7 Å². The zero-order valence-corrected chi connectivity index (χ0v) is 12.2. The monoisotopic (exact) mass is 316 g/mol. The minimum Gasteiger partial charge on any atom is -0.333 e. The number of rotatable bonds is 3. The summed E-state index contributed by atoms with van der Waals surface area (Å²) in [6, 6.07) is 5.61. The van der Waals surface area contributed by atoms with E-state index in [0.717, 1.165) is 9.71 Å². The van der Waals surface area contributed by atoms with E-state index >= 15 is 0 Å². The largest absolute Gasteiger partial charge is 0.333 e. The Morgan fingerprint density at radius 1 is 1.24 bits per heavy atom. The Balaban J connectivity index is 1.68. The number of aromatic nitrogens is 4. The first-order valence-electron chi connectivity index (χ1n) is 6.10. The second-order valence-corrected chi connectivity index (χ2v) is 6.15. The van der Waals surface area contributed by atoms with Crippen molar-refractivity contribution in [1.82, 2.24) is 19.7 Å². The van der Waals surface area contributed by atoms with Crippen molar-refractivity contribution in [2.24, 2.45) is 0 Å². The lowest BCUT2D eigenvalue weighted by molar-refractivity contribution is 0.421. The lowest BCUT2D eigenvalue weighted by Gasteiger charge is -2.00. The topological polar surface area (TPSA) is 73.8 Å². The van der Waals surface area contributed by atoms with E-state index in [4.69, 9.17) is 4.52 Å². The highest BCUT2D eigenvalue weighted by molar-refractivity contribution is 7.16. The smallest absolute Gasteiger partial charge is 0.268 e. The summed E-state index contributed by atoms with van der Waals surface area (Å²) < 4.78 is 6.69. The molecule has 0 N–H and O–H groups in total. The zero-order chi connectivity index (χ0) is 14.2. The Kier molecular flexibility index (Phi) is 2.90. The van der Waals surface area contributed by atoms with Crippen molar-refractivity contribution in [3.8, 4) is 10.8 Å². The van der Waals surface area contributed by atoms with Crippen LogP contribution >= 0.6 is 22.7 Å². The number of fused-ring (bicyclic) bond motifs is 1. The van der Waals surface area contributed by atoms with Crippen LogP contribution in [0.1, 0.15) is 5.82 Å². The van der Waals surface area contributed by atoms with Crippen LogP contribution in [0.25, 0.3) is 21.0 Å². The highest BCUT2D eigenvalue weighted by Crippen LogP contribution is 2.22. The molecule has 0 bridgehead atoms. The van der Waals surface area contributed by atoms with E-state index in [1.54, 1.807) is 6.07 Å². The predicted molar refractivity (Wildman–Crippen MR) is 80.6 cm³/mol. The molecule has 0 saturated carbocycles. The first-order valence-corrected chi connectivity index (χ1v) is 7.86. The van der Waals surface area contributed by atoms with Crippen LogP contribution in [0, 0.1) is 0 Å². The lowest BCUT2D eigenvalue weighted by atomic mass is 10.4. The fourth-order valence-electron chi connectivity index (χ4n) is 1.98. The van der Waals surface area contributed by atoms with E-state index < -0.39 is 0 Å². The Labute approximate surface area is 126 Å². The molecular weight excluding hydrogens is 308 g/mol. The molecule has 4 heterocycles. The maximum absolute atomic E-state index is 12.3. The fraction of sp³-hybridized carbons (Fsp3) is 0.0769. The third-order valence-corrected chi connectivity index (χ3v) is 4.64. The van der Waals surface area contributed by atoms with Crippen LogP contribution in [0.3, 0.4) is 0 Å². The van der Waals surface area contributed by atoms with E-state index in [-0.39, 0.29) is 12.1 Å². The van der Waals surface area contributed by atoms with Gasteiger partial charge in [0.2, 0.25) is 0 Å². The lowest BCUT2D eigenvalue weighted by Crippen LogP contribution is -2.21. The molecule has 104 valence electrons. The predicted octanol–water partition coefficient (Wildman–Crippen LogP) is 2.62. The van der Waals surface area contributed by atoms with Crippen molar-refractivity contribution in [2.45, 2.75) is 6.54 Å². The molecule has 0 aliphatic rings. The summed E-state index contributed by atoms with van der Waals surface area (Å²) in [6.45, 7) is 0.243. The highest BCUT2D eigenvalue weighted by Gasteiger charge is 2.12. The molecule has 0 atom stereocenters. The van der Waals surface area contributed by atoms with Gasteiger partial charge in [0, 0.05) is 0 Å². The van der Waals surface area contributed by atoms with Gasteiger partial charge < -0.3 is 4.52 Å². The van der Waals surface area contributed by atoms with Crippen LogP contribution < -0.4 is 5.56 Å². The Bertz CT molecular complexity index is 952. The van der Waals surface area contributed by atoms with Crippen LogP contribution in [0.2, 0.25) is 0 Å². The van der Waals surface area contributed by atoms with Gasteiger partial charge in [0.25, 0.3) is 11.4 Å². The van der Waals surface area contributed by atoms with Crippen molar-refractivity contribution in [3.05, 3.63) is 51.5 Å². The van der Waals surface area contributed by atoms with Gasteiger partial charge in [0.05, 0.1) is 23.1 Å². The molecule has 6 nitrogen and oxygen atoms in total. The molecular formula is C13H8N4O2S2. The first kappa shape index (κ1) is 12.4. The minimum absolute atomic E-state index is 0.0938. The quantitative estimate of drug-likeness (QED) is 0.581. The normalized spacial score (nSPS) is 11.2. The molecule has 0 radical (unpaired) electrons. The van der Waals surface area contributed by atoms with Gasteiger partial charge in [-0.05, 0) is 22.9 Å². The molecule has 0 fully saturated rings. The van der Waals surface area contributed by atoms with Gasteiger partial charge in [-0.3, -0.25) is 9.36 Å². The third kappa shape index (κ3) is 2.18. The van der Waals surface area contributed by atoms with Crippen LogP contribution in [-0.2, 0) is 6.54 Å². The standard InChI is InChI=1S/C13H8N4O2S2/c18-13-8-3-5-21-12(8)14-7-17(13)6-10-15-11(19-16-10)9-2-1-4-20-9/h1-5,7H,6H2. The SMILES string of the molecule is O=c1c2ccsc2ncn1Cc1noc(-c2cccs2)n1. The average Bonchev–Trinajstić information content (AvgIpc) is 3.21. The summed E-state index contributed by atoms with van der Waals surface area (Å²) in [5, 5.41) is 8.32. The molecule has 0 unspecified atom stereocenters. The Hall–Kier alpha value is -2.32. The van der Waals surface area contributed by atoms with E-state index in [1.165, 1.54) is 33.6 Å². The first-order chi connectivity index (χ1) is 10.3. The molecule has 0 amide bonds.